The highest BCUT2D eigenvalue weighted by Gasteiger charge is 2.16. The molecule has 146 valence electrons. The lowest BCUT2D eigenvalue weighted by molar-refractivity contribution is -0.123. The van der Waals surface area contributed by atoms with Crippen LogP contribution in [0.3, 0.4) is 0 Å². The Morgan fingerprint density at radius 1 is 1.14 bits per heavy atom. The summed E-state index contributed by atoms with van der Waals surface area (Å²) in [7, 11) is 1.55. The lowest BCUT2D eigenvalue weighted by atomic mass is 10.1. The van der Waals surface area contributed by atoms with Crippen molar-refractivity contribution in [1.29, 1.82) is 0 Å². The van der Waals surface area contributed by atoms with Crippen molar-refractivity contribution < 1.29 is 23.4 Å². The Kier molecular flexibility index (Phi) is 5.16. The van der Waals surface area contributed by atoms with E-state index in [9.17, 15) is 9.59 Å². The van der Waals surface area contributed by atoms with Crippen LogP contribution in [0, 0.1) is 0 Å². The van der Waals surface area contributed by atoms with Gasteiger partial charge in [0.15, 0.2) is 6.61 Å². The molecule has 1 aromatic heterocycles. The van der Waals surface area contributed by atoms with Crippen LogP contribution in [0.4, 0.5) is 0 Å². The van der Waals surface area contributed by atoms with Gasteiger partial charge < -0.3 is 23.9 Å². The minimum atomic E-state index is -0.451. The van der Waals surface area contributed by atoms with Crippen molar-refractivity contribution in [2.75, 3.05) is 26.9 Å². The second-order valence-electron chi connectivity index (χ2n) is 6.69. The molecule has 1 fully saturated rings. The molecule has 0 bridgehead atoms. The van der Waals surface area contributed by atoms with E-state index < -0.39 is 5.63 Å². The summed E-state index contributed by atoms with van der Waals surface area (Å²) in [5, 5.41) is 4.81. The van der Waals surface area contributed by atoms with Crippen molar-refractivity contribution in [2.45, 2.75) is 18.9 Å². The zero-order chi connectivity index (χ0) is 19.5. The van der Waals surface area contributed by atoms with Crippen molar-refractivity contribution in [2.24, 2.45) is 0 Å². The van der Waals surface area contributed by atoms with Crippen LogP contribution in [-0.2, 0) is 9.53 Å². The minimum Gasteiger partial charge on any atom is -0.497 e. The smallest absolute Gasteiger partial charge is 0.344 e. The number of hydrogen-bond acceptors (Lipinski definition) is 6. The molecule has 1 atom stereocenters. The van der Waals surface area contributed by atoms with Crippen LogP contribution in [0.15, 0.2) is 45.6 Å². The van der Waals surface area contributed by atoms with Crippen LogP contribution in [0.1, 0.15) is 12.8 Å². The monoisotopic (exact) mass is 383 g/mol. The molecule has 0 radical (unpaired) electrons. The van der Waals surface area contributed by atoms with E-state index in [4.69, 9.17) is 18.6 Å². The number of ether oxygens (including phenoxy) is 3. The Hall–Kier alpha value is -3.06. The maximum Gasteiger partial charge on any atom is 0.344 e. The fourth-order valence-electron chi connectivity index (χ4n) is 3.34. The summed E-state index contributed by atoms with van der Waals surface area (Å²) in [5.41, 5.74) is -0.0483. The standard InChI is InChI=1S/C21H21NO6/c1-25-13-4-6-16-17-7-5-14(10-19(17)28-21(24)18(16)9-13)27-12-20(23)22-11-15-3-2-8-26-15/h4-7,9-10,15H,2-3,8,11-12H2,1H3,(H,22,23)/t15-/m1/s1. The third kappa shape index (κ3) is 3.80. The first-order valence-corrected chi connectivity index (χ1v) is 9.20. The summed E-state index contributed by atoms with van der Waals surface area (Å²) in [6.45, 7) is 1.12. The zero-order valence-electron chi connectivity index (χ0n) is 15.5. The Morgan fingerprint density at radius 2 is 1.96 bits per heavy atom. The molecule has 7 nitrogen and oxygen atoms in total. The third-order valence-corrected chi connectivity index (χ3v) is 4.81. The van der Waals surface area contributed by atoms with Crippen LogP contribution in [-0.4, -0.2) is 38.9 Å². The summed E-state index contributed by atoms with van der Waals surface area (Å²) in [6.07, 6.45) is 2.08. The Balaban J connectivity index is 1.49. The van der Waals surface area contributed by atoms with Crippen LogP contribution in [0.25, 0.3) is 21.7 Å². The number of hydrogen-bond donors (Lipinski definition) is 1. The number of carbonyl (C=O) groups is 1. The van der Waals surface area contributed by atoms with Gasteiger partial charge in [0.1, 0.15) is 17.1 Å². The van der Waals surface area contributed by atoms with Gasteiger partial charge in [-0.25, -0.2) is 4.79 Å². The number of fused-ring (bicyclic) bond motifs is 3. The molecule has 1 aliphatic rings. The van der Waals surface area contributed by atoms with Gasteiger partial charge in [0.25, 0.3) is 5.91 Å². The summed E-state index contributed by atoms with van der Waals surface area (Å²) in [4.78, 5) is 24.3. The highest BCUT2D eigenvalue weighted by Crippen LogP contribution is 2.28. The average molecular weight is 383 g/mol. The van der Waals surface area contributed by atoms with Gasteiger partial charge in [-0.1, -0.05) is 0 Å². The van der Waals surface area contributed by atoms with Crippen molar-refractivity contribution in [3.8, 4) is 11.5 Å². The normalized spacial score (nSPS) is 16.4. The molecular formula is C21H21NO6. The lowest BCUT2D eigenvalue weighted by Gasteiger charge is -2.11. The molecule has 0 unspecified atom stereocenters. The predicted molar refractivity (Wildman–Crippen MR) is 104 cm³/mol. The largest absolute Gasteiger partial charge is 0.497 e. The molecule has 2 heterocycles. The van der Waals surface area contributed by atoms with Crippen LogP contribution < -0.4 is 20.4 Å². The van der Waals surface area contributed by atoms with E-state index in [1.807, 2.05) is 12.1 Å². The average Bonchev–Trinajstić information content (AvgIpc) is 3.24. The molecule has 0 saturated carbocycles. The molecule has 3 aromatic rings. The van der Waals surface area contributed by atoms with E-state index in [2.05, 4.69) is 5.32 Å². The van der Waals surface area contributed by atoms with Gasteiger partial charge in [-0.2, -0.15) is 0 Å². The molecular weight excluding hydrogens is 362 g/mol. The van der Waals surface area contributed by atoms with E-state index in [-0.39, 0.29) is 18.6 Å². The molecule has 0 aliphatic carbocycles. The molecule has 1 N–H and O–H groups in total. The van der Waals surface area contributed by atoms with Crippen molar-refractivity contribution >= 4 is 27.6 Å². The molecule has 7 heteroatoms. The van der Waals surface area contributed by atoms with Crippen LogP contribution >= 0.6 is 0 Å². The molecule has 1 saturated heterocycles. The topological polar surface area (TPSA) is 87.0 Å². The second-order valence-corrected chi connectivity index (χ2v) is 6.69. The van der Waals surface area contributed by atoms with E-state index in [1.165, 1.54) is 0 Å². The Labute approximate surface area is 161 Å². The number of methoxy groups -OCH3 is 1. The van der Waals surface area contributed by atoms with Crippen molar-refractivity contribution in [1.82, 2.24) is 5.32 Å². The number of nitrogens with one attached hydrogen (secondary N) is 1. The highest BCUT2D eigenvalue weighted by molar-refractivity contribution is 6.04. The molecule has 1 amide bonds. The van der Waals surface area contributed by atoms with Crippen molar-refractivity contribution in [3.05, 3.63) is 46.8 Å². The first kappa shape index (κ1) is 18.3. The SMILES string of the molecule is COc1ccc2c(c1)c(=O)oc1cc(OCC(=O)NC[C@H]3CCCO3)ccc12. The third-order valence-electron chi connectivity index (χ3n) is 4.81. The van der Waals surface area contributed by atoms with Gasteiger partial charge in [0.2, 0.25) is 0 Å². The maximum atomic E-state index is 12.3. The van der Waals surface area contributed by atoms with E-state index in [1.54, 1.807) is 31.4 Å². The van der Waals surface area contributed by atoms with Gasteiger partial charge >= 0.3 is 5.63 Å². The molecule has 2 aromatic carbocycles. The van der Waals surface area contributed by atoms with E-state index >= 15 is 0 Å². The summed E-state index contributed by atoms with van der Waals surface area (Å²) >= 11 is 0. The fourth-order valence-corrected chi connectivity index (χ4v) is 3.34. The summed E-state index contributed by atoms with van der Waals surface area (Å²) in [5.74, 6) is 0.826. The number of rotatable bonds is 6. The van der Waals surface area contributed by atoms with Gasteiger partial charge in [0, 0.05) is 30.0 Å². The van der Waals surface area contributed by atoms with E-state index in [0.717, 1.165) is 30.2 Å². The predicted octanol–water partition coefficient (Wildman–Crippen LogP) is 2.63. The van der Waals surface area contributed by atoms with E-state index in [0.29, 0.717) is 29.0 Å². The second kappa shape index (κ2) is 7.90. The molecule has 0 spiro atoms. The summed E-state index contributed by atoms with van der Waals surface area (Å²) in [6, 6.07) is 10.5. The van der Waals surface area contributed by atoms with Crippen LogP contribution in [0.2, 0.25) is 0 Å². The molecule has 1 aliphatic heterocycles. The number of benzene rings is 2. The first-order chi connectivity index (χ1) is 13.6. The van der Waals surface area contributed by atoms with Gasteiger partial charge in [-0.3, -0.25) is 4.79 Å². The van der Waals surface area contributed by atoms with Gasteiger partial charge in [-0.15, -0.1) is 0 Å². The first-order valence-electron chi connectivity index (χ1n) is 9.20. The molecule has 4 rings (SSSR count). The molecule has 28 heavy (non-hydrogen) atoms. The maximum absolute atomic E-state index is 12.3. The van der Waals surface area contributed by atoms with Crippen molar-refractivity contribution in [3.63, 3.8) is 0 Å². The minimum absolute atomic E-state index is 0.0887. The Morgan fingerprint density at radius 3 is 2.75 bits per heavy atom. The quantitative estimate of drug-likeness (QED) is 0.520. The number of carbonyl (C=O) groups excluding carboxylic acids is 1. The van der Waals surface area contributed by atoms with Crippen LogP contribution in [0.5, 0.6) is 11.5 Å². The fraction of sp³-hybridized carbons (Fsp3) is 0.333. The van der Waals surface area contributed by atoms with Gasteiger partial charge in [-0.05, 0) is 43.2 Å². The highest BCUT2D eigenvalue weighted by atomic mass is 16.5. The number of amides is 1. The zero-order valence-corrected chi connectivity index (χ0v) is 15.5. The lowest BCUT2D eigenvalue weighted by Crippen LogP contribution is -2.35. The summed E-state index contributed by atoms with van der Waals surface area (Å²) < 4.78 is 21.6. The Bertz CT molecular complexity index is 1070. The van der Waals surface area contributed by atoms with Gasteiger partial charge in [0.05, 0.1) is 18.6 Å².